The van der Waals surface area contributed by atoms with Gasteiger partial charge < -0.3 is 9.52 Å². The average Bonchev–Trinajstić information content (AvgIpc) is 2.72. The van der Waals surface area contributed by atoms with Gasteiger partial charge in [-0.05, 0) is 18.6 Å². The van der Waals surface area contributed by atoms with Gasteiger partial charge in [0.1, 0.15) is 11.6 Å². The van der Waals surface area contributed by atoms with Gasteiger partial charge in [-0.25, -0.2) is 9.37 Å². The molecule has 88 valence electrons. The van der Waals surface area contributed by atoms with Gasteiger partial charge in [-0.1, -0.05) is 12.1 Å². The van der Waals surface area contributed by atoms with E-state index in [0.29, 0.717) is 30.7 Å². The lowest BCUT2D eigenvalue weighted by atomic mass is 9.99. The van der Waals surface area contributed by atoms with Crippen molar-refractivity contribution in [1.29, 1.82) is 0 Å². The predicted molar refractivity (Wildman–Crippen MR) is 59.9 cm³/mol. The molecule has 0 saturated heterocycles. The highest BCUT2D eigenvalue weighted by molar-refractivity contribution is 5.54. The Morgan fingerprint density at radius 1 is 1.35 bits per heavy atom. The molecule has 1 atom stereocenters. The van der Waals surface area contributed by atoms with Gasteiger partial charge in [-0.2, -0.15) is 0 Å². The zero-order valence-electron chi connectivity index (χ0n) is 9.19. The smallest absolute Gasteiger partial charge is 0.229 e. The van der Waals surface area contributed by atoms with Crippen LogP contribution in [0.3, 0.4) is 0 Å². The Hall–Kier alpha value is -1.68. The summed E-state index contributed by atoms with van der Waals surface area (Å²) in [5.74, 6) is 0.738. The molecule has 1 aliphatic carbocycles. The number of fused-ring (bicyclic) bond motifs is 1. The topological polar surface area (TPSA) is 46.3 Å². The fourth-order valence-electron chi connectivity index (χ4n) is 2.11. The number of halogens is 1. The third-order valence-corrected chi connectivity index (χ3v) is 3.02. The van der Waals surface area contributed by atoms with Crippen LogP contribution in [0.5, 0.6) is 0 Å². The SMILES string of the molecule is OC1CCc2oc(-c3ccccc3F)nc2C1. The molecule has 0 bridgehead atoms. The highest BCUT2D eigenvalue weighted by Crippen LogP contribution is 2.28. The lowest BCUT2D eigenvalue weighted by Gasteiger charge is -2.13. The molecule has 0 saturated carbocycles. The number of hydrogen-bond acceptors (Lipinski definition) is 3. The highest BCUT2D eigenvalue weighted by Gasteiger charge is 2.23. The van der Waals surface area contributed by atoms with Crippen LogP contribution in [0.2, 0.25) is 0 Å². The van der Waals surface area contributed by atoms with E-state index in [2.05, 4.69) is 4.98 Å². The van der Waals surface area contributed by atoms with Crippen LogP contribution < -0.4 is 0 Å². The summed E-state index contributed by atoms with van der Waals surface area (Å²) < 4.78 is 19.1. The number of rotatable bonds is 1. The summed E-state index contributed by atoms with van der Waals surface area (Å²) in [4.78, 5) is 4.27. The number of aliphatic hydroxyl groups excluding tert-OH is 1. The predicted octanol–water partition coefficient (Wildman–Crippen LogP) is 2.33. The van der Waals surface area contributed by atoms with Crippen molar-refractivity contribution in [3.05, 3.63) is 41.5 Å². The summed E-state index contributed by atoms with van der Waals surface area (Å²) in [5.41, 5.74) is 1.12. The second-order valence-electron chi connectivity index (χ2n) is 4.27. The minimum absolute atomic E-state index is 0.308. The Morgan fingerprint density at radius 3 is 3.00 bits per heavy atom. The van der Waals surface area contributed by atoms with E-state index in [1.165, 1.54) is 6.07 Å². The number of hydrogen-bond donors (Lipinski definition) is 1. The van der Waals surface area contributed by atoms with Crippen LogP contribution in [-0.2, 0) is 12.8 Å². The van der Waals surface area contributed by atoms with Gasteiger partial charge in [0.25, 0.3) is 0 Å². The molecule has 0 aliphatic heterocycles. The first-order valence-electron chi connectivity index (χ1n) is 5.65. The molecule has 17 heavy (non-hydrogen) atoms. The molecular formula is C13H12FNO2. The van der Waals surface area contributed by atoms with Crippen molar-refractivity contribution in [2.24, 2.45) is 0 Å². The number of nitrogens with zero attached hydrogens (tertiary/aromatic N) is 1. The third kappa shape index (κ3) is 1.85. The molecule has 0 amide bonds. The molecule has 1 heterocycles. The number of aromatic nitrogens is 1. The first-order valence-corrected chi connectivity index (χ1v) is 5.65. The molecule has 4 heteroatoms. The molecule has 3 nitrogen and oxygen atoms in total. The van der Waals surface area contributed by atoms with Gasteiger partial charge in [0.05, 0.1) is 17.4 Å². The number of aryl methyl sites for hydroxylation is 1. The summed E-state index contributed by atoms with van der Waals surface area (Å²) in [6.07, 6.45) is 1.48. The Morgan fingerprint density at radius 2 is 2.18 bits per heavy atom. The van der Waals surface area contributed by atoms with Gasteiger partial charge >= 0.3 is 0 Å². The molecule has 1 aromatic heterocycles. The summed E-state index contributed by atoms with van der Waals surface area (Å²) in [5, 5.41) is 9.53. The zero-order chi connectivity index (χ0) is 11.8. The Bertz CT molecular complexity index is 550. The standard InChI is InChI=1S/C13H12FNO2/c14-10-4-2-1-3-9(10)13-15-11-7-8(16)5-6-12(11)17-13/h1-4,8,16H,5-7H2. The Balaban J connectivity index is 2.03. The maximum absolute atomic E-state index is 13.6. The van der Waals surface area contributed by atoms with Crippen LogP contribution in [0.25, 0.3) is 11.5 Å². The average molecular weight is 233 g/mol. The molecule has 0 fully saturated rings. The van der Waals surface area contributed by atoms with Crippen LogP contribution >= 0.6 is 0 Å². The zero-order valence-corrected chi connectivity index (χ0v) is 9.19. The number of benzene rings is 1. The van der Waals surface area contributed by atoms with E-state index in [-0.39, 0.29) is 11.9 Å². The largest absolute Gasteiger partial charge is 0.441 e. The van der Waals surface area contributed by atoms with Crippen molar-refractivity contribution >= 4 is 0 Å². The fourth-order valence-corrected chi connectivity index (χ4v) is 2.11. The number of aliphatic hydroxyl groups is 1. The van der Waals surface area contributed by atoms with Crippen molar-refractivity contribution in [2.75, 3.05) is 0 Å². The van der Waals surface area contributed by atoms with Crippen molar-refractivity contribution in [3.8, 4) is 11.5 Å². The second-order valence-corrected chi connectivity index (χ2v) is 4.27. The third-order valence-electron chi connectivity index (χ3n) is 3.02. The maximum Gasteiger partial charge on any atom is 0.229 e. The molecule has 1 unspecified atom stereocenters. The summed E-state index contributed by atoms with van der Waals surface area (Å²) >= 11 is 0. The van der Waals surface area contributed by atoms with Crippen LogP contribution in [0.15, 0.2) is 28.7 Å². The van der Waals surface area contributed by atoms with Crippen LogP contribution in [0.1, 0.15) is 17.9 Å². The van der Waals surface area contributed by atoms with E-state index in [1.807, 2.05) is 0 Å². The normalized spacial score (nSPS) is 19.1. The van der Waals surface area contributed by atoms with E-state index in [0.717, 1.165) is 11.5 Å². The molecule has 3 rings (SSSR count). The Kier molecular flexibility index (Phi) is 2.44. The second kappa shape index (κ2) is 3.96. The first kappa shape index (κ1) is 10.5. The number of oxazole rings is 1. The van der Waals surface area contributed by atoms with Crippen molar-refractivity contribution < 1.29 is 13.9 Å². The molecule has 1 N–H and O–H groups in total. The van der Waals surface area contributed by atoms with Gasteiger partial charge in [-0.3, -0.25) is 0 Å². The molecule has 1 aromatic carbocycles. The summed E-state index contributed by atoms with van der Waals surface area (Å²) in [6, 6.07) is 6.40. The monoisotopic (exact) mass is 233 g/mol. The van der Waals surface area contributed by atoms with Crippen LogP contribution in [0.4, 0.5) is 4.39 Å². The molecule has 0 spiro atoms. The van der Waals surface area contributed by atoms with Gasteiger partial charge in [0.15, 0.2) is 0 Å². The highest BCUT2D eigenvalue weighted by atomic mass is 19.1. The molecule has 1 aliphatic rings. The van der Waals surface area contributed by atoms with E-state index in [1.54, 1.807) is 18.2 Å². The quantitative estimate of drug-likeness (QED) is 0.822. The molecule has 0 radical (unpaired) electrons. The first-order chi connectivity index (χ1) is 8.24. The summed E-state index contributed by atoms with van der Waals surface area (Å²) in [6.45, 7) is 0. The van der Waals surface area contributed by atoms with Crippen molar-refractivity contribution in [2.45, 2.75) is 25.4 Å². The molecule has 2 aromatic rings. The van der Waals surface area contributed by atoms with Crippen molar-refractivity contribution in [1.82, 2.24) is 4.98 Å². The van der Waals surface area contributed by atoms with E-state index < -0.39 is 0 Å². The summed E-state index contributed by atoms with van der Waals surface area (Å²) in [7, 11) is 0. The maximum atomic E-state index is 13.6. The van der Waals surface area contributed by atoms with E-state index in [4.69, 9.17) is 4.42 Å². The van der Waals surface area contributed by atoms with Gasteiger partial charge in [0.2, 0.25) is 5.89 Å². The lowest BCUT2D eigenvalue weighted by Crippen LogP contribution is -2.17. The van der Waals surface area contributed by atoms with Crippen LogP contribution in [0, 0.1) is 5.82 Å². The van der Waals surface area contributed by atoms with Gasteiger partial charge in [0, 0.05) is 12.8 Å². The minimum atomic E-state index is -0.360. The lowest BCUT2D eigenvalue weighted by molar-refractivity contribution is 0.153. The van der Waals surface area contributed by atoms with E-state index in [9.17, 15) is 9.50 Å². The fraction of sp³-hybridized carbons (Fsp3) is 0.308. The Labute approximate surface area is 97.9 Å². The van der Waals surface area contributed by atoms with E-state index >= 15 is 0 Å². The van der Waals surface area contributed by atoms with Crippen molar-refractivity contribution in [3.63, 3.8) is 0 Å². The molecular weight excluding hydrogens is 221 g/mol. The minimum Gasteiger partial charge on any atom is -0.441 e. The van der Waals surface area contributed by atoms with Crippen LogP contribution in [-0.4, -0.2) is 16.2 Å². The van der Waals surface area contributed by atoms with Gasteiger partial charge in [-0.15, -0.1) is 0 Å².